The first-order valence-corrected chi connectivity index (χ1v) is 7.14. The molecule has 6 heteroatoms. The van der Waals surface area contributed by atoms with Crippen molar-refractivity contribution in [2.75, 3.05) is 18.0 Å². The zero-order valence-corrected chi connectivity index (χ0v) is 11.4. The van der Waals surface area contributed by atoms with Crippen LogP contribution in [0, 0.1) is 5.92 Å². The Balaban J connectivity index is 2.05. The van der Waals surface area contributed by atoms with Crippen LogP contribution in [0.4, 0.5) is 5.82 Å². The van der Waals surface area contributed by atoms with E-state index in [2.05, 4.69) is 16.8 Å². The number of aromatic nitrogens is 2. The number of fused-ring (bicyclic) bond motifs is 1. The van der Waals surface area contributed by atoms with Gasteiger partial charge in [0.05, 0.1) is 5.69 Å². The first-order chi connectivity index (χ1) is 9.15. The summed E-state index contributed by atoms with van der Waals surface area (Å²) < 4.78 is 1.95. The molecule has 2 aromatic rings. The van der Waals surface area contributed by atoms with Crippen LogP contribution in [-0.4, -0.2) is 33.6 Å². The van der Waals surface area contributed by atoms with Gasteiger partial charge in [0.25, 0.3) is 0 Å². The van der Waals surface area contributed by atoms with E-state index in [1.165, 1.54) is 6.08 Å². The van der Waals surface area contributed by atoms with Gasteiger partial charge in [-0.25, -0.2) is 9.78 Å². The summed E-state index contributed by atoms with van der Waals surface area (Å²) in [7, 11) is 0. The number of thiazole rings is 1. The van der Waals surface area contributed by atoms with Gasteiger partial charge in [-0.05, 0) is 18.4 Å². The van der Waals surface area contributed by atoms with E-state index in [1.54, 1.807) is 17.4 Å². The molecule has 1 unspecified atom stereocenters. The van der Waals surface area contributed by atoms with Gasteiger partial charge in [0, 0.05) is 30.7 Å². The van der Waals surface area contributed by atoms with Gasteiger partial charge in [0.15, 0.2) is 10.8 Å². The minimum atomic E-state index is -0.939. The molecule has 1 N–H and O–H groups in total. The van der Waals surface area contributed by atoms with Gasteiger partial charge in [0.2, 0.25) is 0 Å². The third kappa shape index (κ3) is 2.23. The maximum Gasteiger partial charge on any atom is 0.328 e. The van der Waals surface area contributed by atoms with Gasteiger partial charge >= 0.3 is 5.97 Å². The van der Waals surface area contributed by atoms with Crippen LogP contribution in [0.2, 0.25) is 0 Å². The van der Waals surface area contributed by atoms with Gasteiger partial charge in [-0.15, -0.1) is 11.3 Å². The number of imidazole rings is 1. The summed E-state index contributed by atoms with van der Waals surface area (Å²) in [5, 5.41) is 10.8. The van der Waals surface area contributed by atoms with E-state index in [0.29, 0.717) is 5.92 Å². The molecule has 19 heavy (non-hydrogen) atoms. The number of hydrogen-bond acceptors (Lipinski definition) is 4. The van der Waals surface area contributed by atoms with E-state index in [9.17, 15) is 4.79 Å². The second-order valence-corrected chi connectivity index (χ2v) is 5.76. The first-order valence-electron chi connectivity index (χ1n) is 6.26. The van der Waals surface area contributed by atoms with Crippen LogP contribution in [0.1, 0.15) is 19.0 Å². The molecule has 1 saturated heterocycles. The average molecular weight is 277 g/mol. The molecular weight excluding hydrogens is 262 g/mol. The quantitative estimate of drug-likeness (QED) is 0.875. The molecule has 0 aliphatic carbocycles. The van der Waals surface area contributed by atoms with Crippen molar-refractivity contribution in [1.29, 1.82) is 0 Å². The van der Waals surface area contributed by atoms with Gasteiger partial charge in [0.1, 0.15) is 0 Å². The van der Waals surface area contributed by atoms with Crippen LogP contribution in [0.15, 0.2) is 17.7 Å². The Morgan fingerprint density at radius 1 is 1.63 bits per heavy atom. The standard InChI is InChI=1S/C13H15N3O2S/c1-9-4-5-15(8-9)12-10(2-3-11(17)18)16-6-7-19-13(16)14-12/h2-3,6-7,9H,4-5,8H2,1H3,(H,17,18)/b3-2+. The van der Waals surface area contributed by atoms with Gasteiger partial charge in [-0.2, -0.15) is 0 Å². The highest BCUT2D eigenvalue weighted by atomic mass is 32.1. The van der Waals surface area contributed by atoms with Crippen LogP contribution >= 0.6 is 11.3 Å². The van der Waals surface area contributed by atoms with Crippen LogP contribution in [0.25, 0.3) is 11.0 Å². The molecular formula is C13H15N3O2S. The molecule has 0 aromatic carbocycles. The van der Waals surface area contributed by atoms with Gasteiger partial charge < -0.3 is 10.0 Å². The SMILES string of the molecule is CC1CCN(c2nc3sccn3c2/C=C/C(=O)O)C1. The molecule has 1 atom stereocenters. The summed E-state index contributed by atoms with van der Waals surface area (Å²) in [6.07, 6.45) is 5.89. The van der Waals surface area contributed by atoms with Crippen LogP contribution in [-0.2, 0) is 4.79 Å². The number of carboxylic acids is 1. The van der Waals surface area contributed by atoms with Gasteiger partial charge in [-0.3, -0.25) is 4.40 Å². The summed E-state index contributed by atoms with van der Waals surface area (Å²) >= 11 is 1.56. The number of carboxylic acid groups (broad SMARTS) is 1. The first kappa shape index (κ1) is 12.2. The smallest absolute Gasteiger partial charge is 0.328 e. The Morgan fingerprint density at radius 2 is 2.47 bits per heavy atom. The fourth-order valence-electron chi connectivity index (χ4n) is 2.46. The van der Waals surface area contributed by atoms with E-state index in [0.717, 1.165) is 36.0 Å². The third-order valence-corrected chi connectivity index (χ3v) is 4.14. The largest absolute Gasteiger partial charge is 0.478 e. The van der Waals surface area contributed by atoms with Crippen molar-refractivity contribution in [3.63, 3.8) is 0 Å². The highest BCUT2D eigenvalue weighted by molar-refractivity contribution is 7.15. The third-order valence-electron chi connectivity index (χ3n) is 3.39. The molecule has 0 bridgehead atoms. The van der Waals surface area contributed by atoms with E-state index in [4.69, 9.17) is 5.11 Å². The lowest BCUT2D eigenvalue weighted by Gasteiger charge is -2.15. The lowest BCUT2D eigenvalue weighted by atomic mass is 10.2. The Kier molecular flexibility index (Phi) is 3.02. The summed E-state index contributed by atoms with van der Waals surface area (Å²) in [4.78, 5) is 18.5. The minimum Gasteiger partial charge on any atom is -0.478 e. The Morgan fingerprint density at radius 3 is 3.16 bits per heavy atom. The Hall–Kier alpha value is -1.82. The van der Waals surface area contributed by atoms with E-state index in [-0.39, 0.29) is 0 Å². The summed E-state index contributed by atoms with van der Waals surface area (Å²) in [6, 6.07) is 0. The topological polar surface area (TPSA) is 57.8 Å². The zero-order chi connectivity index (χ0) is 13.4. The molecule has 0 amide bonds. The molecule has 0 radical (unpaired) electrons. The van der Waals surface area contributed by atoms with Crippen LogP contribution in [0.5, 0.6) is 0 Å². The maximum absolute atomic E-state index is 10.7. The van der Waals surface area contributed by atoms with Gasteiger partial charge in [-0.1, -0.05) is 6.92 Å². The highest BCUT2D eigenvalue weighted by Gasteiger charge is 2.24. The second kappa shape index (κ2) is 4.70. The molecule has 3 heterocycles. The summed E-state index contributed by atoms with van der Waals surface area (Å²) in [5.41, 5.74) is 0.854. The predicted molar refractivity (Wildman–Crippen MR) is 75.7 cm³/mol. The summed E-state index contributed by atoms with van der Waals surface area (Å²) in [5.74, 6) is 0.621. The Bertz CT molecular complexity index is 643. The lowest BCUT2D eigenvalue weighted by Crippen LogP contribution is -2.20. The number of rotatable bonds is 3. The molecule has 1 fully saturated rings. The molecule has 100 valence electrons. The van der Waals surface area contributed by atoms with Crippen LogP contribution in [0.3, 0.4) is 0 Å². The molecule has 2 aromatic heterocycles. The zero-order valence-electron chi connectivity index (χ0n) is 10.6. The van der Waals surface area contributed by atoms with Crippen molar-refractivity contribution in [1.82, 2.24) is 9.38 Å². The van der Waals surface area contributed by atoms with E-state index < -0.39 is 5.97 Å². The monoisotopic (exact) mass is 277 g/mol. The fraction of sp³-hybridized carbons (Fsp3) is 0.385. The molecule has 5 nitrogen and oxygen atoms in total. The maximum atomic E-state index is 10.7. The van der Waals surface area contributed by atoms with Crippen molar-refractivity contribution in [2.24, 2.45) is 5.92 Å². The number of hydrogen-bond donors (Lipinski definition) is 1. The van der Waals surface area contributed by atoms with E-state index >= 15 is 0 Å². The minimum absolute atomic E-state index is 0.663. The molecule has 0 spiro atoms. The molecule has 1 aliphatic heterocycles. The normalized spacial score (nSPS) is 19.8. The summed E-state index contributed by atoms with van der Waals surface area (Å²) in [6.45, 7) is 4.20. The highest BCUT2D eigenvalue weighted by Crippen LogP contribution is 2.29. The van der Waals surface area contributed by atoms with Crippen molar-refractivity contribution in [3.05, 3.63) is 23.3 Å². The number of carbonyl (C=O) groups is 1. The number of aliphatic carboxylic acids is 1. The molecule has 3 rings (SSSR count). The van der Waals surface area contributed by atoms with E-state index in [1.807, 2.05) is 16.0 Å². The Labute approximate surface area is 114 Å². The number of anilines is 1. The van der Waals surface area contributed by atoms with Crippen LogP contribution < -0.4 is 4.90 Å². The lowest BCUT2D eigenvalue weighted by molar-refractivity contribution is -0.131. The van der Waals surface area contributed by atoms with Crippen molar-refractivity contribution < 1.29 is 9.90 Å². The molecule has 1 aliphatic rings. The van der Waals surface area contributed by atoms with Crippen molar-refractivity contribution >= 4 is 34.2 Å². The average Bonchev–Trinajstić information content (AvgIpc) is 3.00. The fourth-order valence-corrected chi connectivity index (χ4v) is 3.17. The number of nitrogens with zero attached hydrogens (tertiary/aromatic N) is 3. The van der Waals surface area contributed by atoms with Crippen molar-refractivity contribution in [3.8, 4) is 0 Å². The molecule has 0 saturated carbocycles. The predicted octanol–water partition coefficient (Wildman–Crippen LogP) is 2.34. The second-order valence-electron chi connectivity index (χ2n) is 4.89. The van der Waals surface area contributed by atoms with Crippen molar-refractivity contribution in [2.45, 2.75) is 13.3 Å².